The van der Waals surface area contributed by atoms with Crippen LogP contribution in [0.15, 0.2) is 48.5 Å². The number of nitrogens with zero attached hydrogens (tertiary/aromatic N) is 3. The maximum atomic E-state index is 12.9. The first-order chi connectivity index (χ1) is 13.5. The summed E-state index contributed by atoms with van der Waals surface area (Å²) >= 11 is 0. The van der Waals surface area contributed by atoms with Crippen LogP contribution in [0.3, 0.4) is 0 Å². The van der Waals surface area contributed by atoms with Crippen LogP contribution in [0, 0.1) is 0 Å². The Labute approximate surface area is 167 Å². The average Bonchev–Trinajstić information content (AvgIpc) is 2.72. The zero-order chi connectivity index (χ0) is 20.1. The van der Waals surface area contributed by atoms with Gasteiger partial charge in [0.1, 0.15) is 0 Å². The van der Waals surface area contributed by atoms with E-state index in [9.17, 15) is 9.59 Å². The van der Waals surface area contributed by atoms with Crippen LogP contribution in [0.4, 0.5) is 11.4 Å². The summed E-state index contributed by atoms with van der Waals surface area (Å²) in [6, 6.07) is 15.7. The van der Waals surface area contributed by atoms with Crippen LogP contribution in [0.1, 0.15) is 42.1 Å². The van der Waals surface area contributed by atoms with Crippen molar-refractivity contribution in [3.8, 4) is 0 Å². The highest BCUT2D eigenvalue weighted by molar-refractivity contribution is 5.97. The van der Waals surface area contributed by atoms with Crippen molar-refractivity contribution < 1.29 is 9.59 Å². The van der Waals surface area contributed by atoms with Gasteiger partial charge in [-0.15, -0.1) is 0 Å². The predicted octanol–water partition coefficient (Wildman–Crippen LogP) is 3.93. The molecule has 0 aromatic heterocycles. The molecular weight excluding hydrogens is 350 g/mol. The maximum Gasteiger partial charge on any atom is 0.254 e. The molecule has 1 aliphatic rings. The summed E-state index contributed by atoms with van der Waals surface area (Å²) in [7, 11) is 4.02. The highest BCUT2D eigenvalue weighted by atomic mass is 16.2. The van der Waals surface area contributed by atoms with E-state index in [0.29, 0.717) is 25.1 Å². The topological polar surface area (TPSA) is 43.9 Å². The van der Waals surface area contributed by atoms with E-state index >= 15 is 0 Å². The third kappa shape index (κ3) is 4.53. The first kappa shape index (κ1) is 19.9. The number of hydrogen-bond acceptors (Lipinski definition) is 3. The van der Waals surface area contributed by atoms with Gasteiger partial charge in [-0.25, -0.2) is 0 Å². The van der Waals surface area contributed by atoms with Gasteiger partial charge in [0, 0.05) is 57.1 Å². The molecule has 0 radical (unpaired) electrons. The third-order valence-electron chi connectivity index (χ3n) is 5.24. The Bertz CT molecular complexity index is 813. The summed E-state index contributed by atoms with van der Waals surface area (Å²) in [5, 5.41) is 0. The molecule has 1 fully saturated rings. The molecule has 2 amide bonds. The Balaban J connectivity index is 1.69. The fourth-order valence-corrected chi connectivity index (χ4v) is 3.49. The number of hydrogen-bond donors (Lipinski definition) is 0. The van der Waals surface area contributed by atoms with Gasteiger partial charge in [0.05, 0.1) is 0 Å². The van der Waals surface area contributed by atoms with Gasteiger partial charge in [-0.2, -0.15) is 0 Å². The molecule has 0 N–H and O–H groups in total. The molecule has 0 unspecified atom stereocenters. The lowest BCUT2D eigenvalue weighted by Crippen LogP contribution is -2.35. The van der Waals surface area contributed by atoms with Crippen molar-refractivity contribution in [1.82, 2.24) is 4.90 Å². The second-order valence-corrected chi connectivity index (χ2v) is 7.43. The van der Waals surface area contributed by atoms with Gasteiger partial charge >= 0.3 is 0 Å². The fraction of sp³-hybridized carbons (Fsp3) is 0.391. The van der Waals surface area contributed by atoms with E-state index in [1.807, 2.05) is 55.1 Å². The van der Waals surface area contributed by atoms with E-state index in [0.717, 1.165) is 36.3 Å². The van der Waals surface area contributed by atoms with Gasteiger partial charge in [0.2, 0.25) is 5.91 Å². The molecule has 1 aliphatic heterocycles. The lowest BCUT2D eigenvalue weighted by atomic mass is 10.1. The largest absolute Gasteiger partial charge is 0.378 e. The Morgan fingerprint density at radius 2 is 1.68 bits per heavy atom. The number of carbonyl (C=O) groups is 2. The second-order valence-electron chi connectivity index (χ2n) is 7.43. The molecule has 0 aliphatic carbocycles. The fourth-order valence-electron chi connectivity index (χ4n) is 3.49. The second kappa shape index (κ2) is 8.91. The summed E-state index contributed by atoms with van der Waals surface area (Å²) in [5.74, 6) is 0.178. The Morgan fingerprint density at radius 3 is 2.25 bits per heavy atom. The Hall–Kier alpha value is -2.82. The molecule has 5 heteroatoms. The standard InChI is InChI=1S/C23H29N3O2/c1-4-25(17-18-8-12-20(13-9-18)24(2)3)23(28)19-10-14-21(15-11-19)26-16-6-5-7-22(26)27/h8-15H,4-7,16-17H2,1-3H3. The average molecular weight is 380 g/mol. The van der Waals surface area contributed by atoms with Crippen molar-refractivity contribution in [2.75, 3.05) is 37.0 Å². The van der Waals surface area contributed by atoms with Gasteiger partial charge in [-0.1, -0.05) is 12.1 Å². The minimum Gasteiger partial charge on any atom is -0.378 e. The molecule has 3 rings (SSSR count). The highest BCUT2D eigenvalue weighted by Gasteiger charge is 2.20. The monoisotopic (exact) mass is 379 g/mol. The van der Waals surface area contributed by atoms with Crippen LogP contribution in [-0.2, 0) is 11.3 Å². The molecule has 0 spiro atoms. The van der Waals surface area contributed by atoms with Crippen LogP contribution < -0.4 is 9.80 Å². The lowest BCUT2D eigenvalue weighted by Gasteiger charge is -2.27. The molecule has 5 nitrogen and oxygen atoms in total. The molecule has 28 heavy (non-hydrogen) atoms. The van der Waals surface area contributed by atoms with Crippen molar-refractivity contribution in [2.45, 2.75) is 32.7 Å². The van der Waals surface area contributed by atoms with E-state index in [4.69, 9.17) is 0 Å². The van der Waals surface area contributed by atoms with Gasteiger partial charge in [-0.3, -0.25) is 9.59 Å². The molecule has 0 bridgehead atoms. The van der Waals surface area contributed by atoms with E-state index in [2.05, 4.69) is 29.2 Å². The summed E-state index contributed by atoms with van der Waals surface area (Å²) in [4.78, 5) is 30.7. The zero-order valence-corrected chi connectivity index (χ0v) is 17.0. The maximum absolute atomic E-state index is 12.9. The summed E-state index contributed by atoms with van der Waals surface area (Å²) in [6.45, 7) is 3.97. The molecule has 2 aromatic rings. The number of rotatable bonds is 6. The number of amides is 2. The van der Waals surface area contributed by atoms with E-state index in [1.54, 1.807) is 0 Å². The van der Waals surface area contributed by atoms with Crippen LogP contribution in [0.5, 0.6) is 0 Å². The molecule has 148 valence electrons. The zero-order valence-electron chi connectivity index (χ0n) is 17.0. The van der Waals surface area contributed by atoms with Crippen molar-refractivity contribution in [3.05, 3.63) is 59.7 Å². The first-order valence-electron chi connectivity index (χ1n) is 9.95. The smallest absolute Gasteiger partial charge is 0.254 e. The summed E-state index contributed by atoms with van der Waals surface area (Å²) in [5.41, 5.74) is 3.78. The van der Waals surface area contributed by atoms with E-state index < -0.39 is 0 Å². The van der Waals surface area contributed by atoms with Crippen LogP contribution in [0.2, 0.25) is 0 Å². The van der Waals surface area contributed by atoms with Crippen LogP contribution >= 0.6 is 0 Å². The Kier molecular flexibility index (Phi) is 6.34. The molecule has 1 heterocycles. The van der Waals surface area contributed by atoms with Crippen molar-refractivity contribution in [3.63, 3.8) is 0 Å². The van der Waals surface area contributed by atoms with Crippen molar-refractivity contribution in [1.29, 1.82) is 0 Å². The van der Waals surface area contributed by atoms with Crippen LogP contribution in [-0.4, -0.2) is 43.9 Å². The predicted molar refractivity (Wildman–Crippen MR) is 114 cm³/mol. The third-order valence-corrected chi connectivity index (χ3v) is 5.24. The molecule has 0 saturated carbocycles. The Morgan fingerprint density at radius 1 is 1.00 bits per heavy atom. The normalized spacial score (nSPS) is 14.1. The summed E-state index contributed by atoms with van der Waals surface area (Å²) < 4.78 is 0. The van der Waals surface area contributed by atoms with Gasteiger partial charge in [0.25, 0.3) is 5.91 Å². The molecule has 0 atom stereocenters. The van der Waals surface area contributed by atoms with E-state index in [-0.39, 0.29) is 11.8 Å². The quantitative estimate of drug-likeness (QED) is 0.764. The summed E-state index contributed by atoms with van der Waals surface area (Å²) in [6.07, 6.45) is 2.60. The van der Waals surface area contributed by atoms with Crippen LogP contribution in [0.25, 0.3) is 0 Å². The molecular formula is C23H29N3O2. The van der Waals surface area contributed by atoms with Gasteiger partial charge in [0.15, 0.2) is 0 Å². The minimum absolute atomic E-state index is 0.00991. The first-order valence-corrected chi connectivity index (χ1v) is 9.95. The van der Waals surface area contributed by atoms with Gasteiger partial charge in [-0.05, 0) is 61.7 Å². The van der Waals surface area contributed by atoms with Crippen molar-refractivity contribution in [2.24, 2.45) is 0 Å². The highest BCUT2D eigenvalue weighted by Crippen LogP contribution is 2.22. The number of carbonyl (C=O) groups excluding carboxylic acids is 2. The SMILES string of the molecule is CCN(Cc1ccc(N(C)C)cc1)C(=O)c1ccc(N2CCCCC2=O)cc1. The van der Waals surface area contributed by atoms with Crippen molar-refractivity contribution >= 4 is 23.2 Å². The van der Waals surface area contributed by atoms with E-state index in [1.165, 1.54) is 0 Å². The van der Waals surface area contributed by atoms with Gasteiger partial charge < -0.3 is 14.7 Å². The lowest BCUT2D eigenvalue weighted by molar-refractivity contribution is -0.119. The number of benzene rings is 2. The molecule has 1 saturated heterocycles. The minimum atomic E-state index is 0.00991. The number of piperidine rings is 1. The molecule has 2 aromatic carbocycles. The number of anilines is 2.